The van der Waals surface area contributed by atoms with Gasteiger partial charge in [0.25, 0.3) is 0 Å². The Balaban J connectivity index is 3.82. The lowest BCUT2D eigenvalue weighted by Crippen LogP contribution is -2.27. The van der Waals surface area contributed by atoms with Crippen molar-refractivity contribution in [3.05, 3.63) is 72.9 Å². The molecule has 0 amide bonds. The Bertz CT molecular complexity index is 864. The summed E-state index contributed by atoms with van der Waals surface area (Å²) in [6.07, 6.45) is 48.7. The molecule has 0 rings (SSSR count). The van der Waals surface area contributed by atoms with Gasteiger partial charge in [-0.3, -0.25) is 4.79 Å². The molecular formula is C41H68O5. The maximum absolute atomic E-state index is 12.0. The van der Waals surface area contributed by atoms with Crippen LogP contribution in [0.15, 0.2) is 72.9 Å². The van der Waals surface area contributed by atoms with Crippen LogP contribution in [0.25, 0.3) is 0 Å². The van der Waals surface area contributed by atoms with E-state index < -0.39 is 18.7 Å². The molecule has 5 heteroatoms. The number of carbonyl (C=O) groups excluding carboxylic acids is 2. The van der Waals surface area contributed by atoms with Gasteiger partial charge in [0.05, 0.1) is 6.61 Å². The smallest absolute Gasteiger partial charge is 0.331 e. The highest BCUT2D eigenvalue weighted by Gasteiger charge is 2.14. The van der Waals surface area contributed by atoms with Gasteiger partial charge in [-0.1, -0.05) is 171 Å². The molecule has 262 valence electrons. The first kappa shape index (κ1) is 43.3. The van der Waals surface area contributed by atoms with Gasteiger partial charge in [0.1, 0.15) is 6.61 Å². The van der Waals surface area contributed by atoms with Crippen molar-refractivity contribution < 1.29 is 24.2 Å². The van der Waals surface area contributed by atoms with Gasteiger partial charge in [0.15, 0.2) is 6.10 Å². The molecule has 5 nitrogen and oxygen atoms in total. The fourth-order valence-corrected chi connectivity index (χ4v) is 4.84. The van der Waals surface area contributed by atoms with Crippen LogP contribution < -0.4 is 0 Å². The van der Waals surface area contributed by atoms with Crippen molar-refractivity contribution in [3.63, 3.8) is 0 Å². The van der Waals surface area contributed by atoms with E-state index in [2.05, 4.69) is 38.2 Å². The molecule has 1 N–H and O–H groups in total. The van der Waals surface area contributed by atoms with Crippen LogP contribution in [-0.4, -0.2) is 36.4 Å². The molecule has 0 aliphatic carbocycles. The Hall–Kier alpha value is -2.66. The maximum Gasteiger partial charge on any atom is 0.331 e. The second kappa shape index (κ2) is 36.8. The molecule has 1 unspecified atom stereocenters. The molecule has 0 aliphatic rings. The minimum absolute atomic E-state index is 0.140. The van der Waals surface area contributed by atoms with Gasteiger partial charge < -0.3 is 14.6 Å². The summed E-state index contributed by atoms with van der Waals surface area (Å²) in [5.74, 6) is -0.915. The van der Waals surface area contributed by atoms with E-state index in [0.717, 1.165) is 32.1 Å². The number of hydrogen-bond acceptors (Lipinski definition) is 5. The minimum atomic E-state index is -0.872. The van der Waals surface area contributed by atoms with Crippen LogP contribution in [0.3, 0.4) is 0 Å². The van der Waals surface area contributed by atoms with Gasteiger partial charge >= 0.3 is 11.9 Å². The highest BCUT2D eigenvalue weighted by atomic mass is 16.6. The minimum Gasteiger partial charge on any atom is -0.462 e. The SMILES string of the molecule is CCCCCCCC/C=C\CCCCCCCC(=O)OCC(CO)OC(=O)C=CC=CC=CC=CC=CCCCCCCCCC. The zero-order chi connectivity index (χ0) is 33.6. The fraction of sp³-hybridized carbons (Fsp3) is 0.659. The molecule has 0 aliphatic heterocycles. The third-order valence-electron chi connectivity index (χ3n) is 7.68. The number of hydrogen-bond donors (Lipinski definition) is 1. The van der Waals surface area contributed by atoms with E-state index in [1.165, 1.54) is 109 Å². The quantitative estimate of drug-likeness (QED) is 0.0260. The van der Waals surface area contributed by atoms with Crippen LogP contribution >= 0.6 is 0 Å². The first-order valence-corrected chi connectivity index (χ1v) is 18.6. The zero-order valence-electron chi connectivity index (χ0n) is 29.6. The van der Waals surface area contributed by atoms with Crippen molar-refractivity contribution in [2.75, 3.05) is 13.2 Å². The molecular weight excluding hydrogens is 572 g/mol. The van der Waals surface area contributed by atoms with Crippen LogP contribution in [0, 0.1) is 0 Å². The summed E-state index contributed by atoms with van der Waals surface area (Å²) in [5.41, 5.74) is 0. The molecule has 0 aromatic heterocycles. The number of esters is 2. The number of rotatable bonds is 32. The molecule has 0 aromatic rings. The van der Waals surface area contributed by atoms with Gasteiger partial charge in [-0.15, -0.1) is 0 Å². The summed E-state index contributed by atoms with van der Waals surface area (Å²) in [4.78, 5) is 24.0. The summed E-state index contributed by atoms with van der Waals surface area (Å²) < 4.78 is 10.4. The second-order valence-electron chi connectivity index (χ2n) is 12.1. The topological polar surface area (TPSA) is 72.8 Å². The van der Waals surface area contributed by atoms with Crippen LogP contribution in [0.2, 0.25) is 0 Å². The van der Waals surface area contributed by atoms with Crippen molar-refractivity contribution in [2.24, 2.45) is 0 Å². The number of aliphatic hydroxyl groups excluding tert-OH is 1. The number of unbranched alkanes of at least 4 members (excludes halogenated alkanes) is 18. The molecule has 0 saturated carbocycles. The first-order valence-electron chi connectivity index (χ1n) is 18.6. The van der Waals surface area contributed by atoms with Crippen LogP contribution in [0.1, 0.15) is 155 Å². The van der Waals surface area contributed by atoms with Crippen LogP contribution in [0.4, 0.5) is 0 Å². The summed E-state index contributed by atoms with van der Waals surface area (Å²) in [5, 5.41) is 9.49. The Kier molecular flexibility index (Phi) is 34.7. The Labute approximate surface area is 283 Å². The Morgan fingerprint density at radius 3 is 1.50 bits per heavy atom. The van der Waals surface area contributed by atoms with E-state index >= 15 is 0 Å². The van der Waals surface area contributed by atoms with Gasteiger partial charge in [-0.05, 0) is 44.9 Å². The zero-order valence-corrected chi connectivity index (χ0v) is 29.6. The van der Waals surface area contributed by atoms with Crippen molar-refractivity contribution in [2.45, 2.75) is 161 Å². The third kappa shape index (κ3) is 34.2. The van der Waals surface area contributed by atoms with Crippen molar-refractivity contribution in [1.82, 2.24) is 0 Å². The van der Waals surface area contributed by atoms with E-state index in [1.54, 1.807) is 12.2 Å². The standard InChI is InChI=1S/C41H68O5/c1-3-5-7-9-11-13-15-17-19-20-22-24-26-28-30-32-34-36-41(44)46-39(37-42)38-45-40(43)35-33-31-29-27-25-23-21-18-16-14-12-10-8-6-4-2/h18-22,24,26,28,30,32,34,36,39,42H,3-17,23,25,27,29,31,33,35,37-38H2,1-2H3/b20-19?,21-18-,24-22?,28-26?,32-30?,36-34?. The van der Waals surface area contributed by atoms with Gasteiger partial charge in [0, 0.05) is 12.5 Å². The van der Waals surface area contributed by atoms with Crippen molar-refractivity contribution >= 4 is 11.9 Å². The lowest BCUT2D eigenvalue weighted by molar-refractivity contribution is -0.157. The molecule has 46 heavy (non-hydrogen) atoms. The van der Waals surface area contributed by atoms with Crippen LogP contribution in [0.5, 0.6) is 0 Å². The van der Waals surface area contributed by atoms with Crippen LogP contribution in [-0.2, 0) is 19.1 Å². The Morgan fingerprint density at radius 1 is 0.543 bits per heavy atom. The molecule has 0 heterocycles. The van der Waals surface area contributed by atoms with Gasteiger partial charge in [-0.2, -0.15) is 0 Å². The lowest BCUT2D eigenvalue weighted by Gasteiger charge is -2.14. The average Bonchev–Trinajstić information content (AvgIpc) is 3.06. The van der Waals surface area contributed by atoms with E-state index in [4.69, 9.17) is 9.47 Å². The monoisotopic (exact) mass is 641 g/mol. The highest BCUT2D eigenvalue weighted by Crippen LogP contribution is 2.11. The van der Waals surface area contributed by atoms with E-state index in [0.29, 0.717) is 6.42 Å². The number of carbonyl (C=O) groups is 2. The Morgan fingerprint density at radius 2 is 0.978 bits per heavy atom. The van der Waals surface area contributed by atoms with E-state index in [9.17, 15) is 14.7 Å². The van der Waals surface area contributed by atoms with Gasteiger partial charge in [0.2, 0.25) is 0 Å². The molecule has 0 radical (unpaired) electrons. The number of allylic oxidation sites excluding steroid dienone is 11. The average molecular weight is 641 g/mol. The van der Waals surface area contributed by atoms with Gasteiger partial charge in [-0.25, -0.2) is 4.79 Å². The molecule has 0 bridgehead atoms. The predicted molar refractivity (Wildman–Crippen MR) is 196 cm³/mol. The molecule has 0 saturated heterocycles. The normalized spacial score (nSPS) is 13.0. The lowest BCUT2D eigenvalue weighted by atomic mass is 10.1. The summed E-state index contributed by atoms with van der Waals surface area (Å²) in [6, 6.07) is 0. The van der Waals surface area contributed by atoms with Crippen molar-refractivity contribution in [3.8, 4) is 0 Å². The number of aliphatic hydroxyl groups is 1. The fourth-order valence-electron chi connectivity index (χ4n) is 4.84. The molecule has 1 atom stereocenters. The molecule has 0 spiro atoms. The van der Waals surface area contributed by atoms with E-state index in [1.807, 2.05) is 30.4 Å². The summed E-state index contributed by atoms with van der Waals surface area (Å²) in [7, 11) is 0. The summed E-state index contributed by atoms with van der Waals surface area (Å²) >= 11 is 0. The number of ether oxygens (including phenoxy) is 2. The largest absolute Gasteiger partial charge is 0.462 e. The second-order valence-corrected chi connectivity index (χ2v) is 12.1. The maximum atomic E-state index is 12.0. The molecule has 0 aromatic carbocycles. The van der Waals surface area contributed by atoms with E-state index in [-0.39, 0.29) is 12.6 Å². The van der Waals surface area contributed by atoms with Crippen molar-refractivity contribution in [1.29, 1.82) is 0 Å². The molecule has 0 fully saturated rings. The summed E-state index contributed by atoms with van der Waals surface area (Å²) in [6.45, 7) is 3.96. The first-order chi connectivity index (χ1) is 22.6. The third-order valence-corrected chi connectivity index (χ3v) is 7.68. The highest BCUT2D eigenvalue weighted by molar-refractivity contribution is 5.82. The predicted octanol–water partition coefficient (Wildman–Crippen LogP) is 11.4.